The van der Waals surface area contributed by atoms with Crippen LogP contribution in [0.3, 0.4) is 0 Å². The minimum atomic E-state index is -0.665. The molecular formula is C14H13N3O5. The number of nitrogens with zero attached hydrogens (tertiary/aromatic N) is 3. The minimum Gasteiger partial charge on any atom is -0.805 e. The standard InChI is InChI=1S/C14H13N3O5/c18-8-12-11(7-15-13(19)5-6-14(15)20)16(21)9-3-1-2-4-10(9)17(12)22/h1-4,18H,5-8H2. The van der Waals surface area contributed by atoms with Gasteiger partial charge in [-0.25, -0.2) is 0 Å². The van der Waals surface area contributed by atoms with E-state index in [1.165, 1.54) is 12.1 Å². The van der Waals surface area contributed by atoms with E-state index in [0.29, 0.717) is 9.16 Å². The highest BCUT2D eigenvalue weighted by Crippen LogP contribution is 2.20. The Hall–Kier alpha value is -2.74. The molecule has 8 heteroatoms. The number of fused-ring (bicyclic) bond motifs is 1. The number of hydrogen-bond donors (Lipinski definition) is 1. The number of hydrogen-bond acceptors (Lipinski definition) is 5. The molecule has 0 atom stereocenters. The first kappa shape index (κ1) is 14.2. The number of rotatable bonds is 3. The molecule has 0 spiro atoms. The summed E-state index contributed by atoms with van der Waals surface area (Å²) in [6.45, 7) is -0.980. The average Bonchev–Trinajstić information content (AvgIpc) is 2.84. The van der Waals surface area contributed by atoms with Crippen molar-refractivity contribution in [3.63, 3.8) is 0 Å². The largest absolute Gasteiger partial charge is 0.805 e. The highest BCUT2D eigenvalue weighted by molar-refractivity contribution is 6.01. The van der Waals surface area contributed by atoms with Crippen LogP contribution in [0.1, 0.15) is 24.2 Å². The SMILES string of the molecule is O=C1CCC(=O)N1Cc1c(CO)[n+](=O)c2ccccc2n1[O-]. The Kier molecular flexibility index (Phi) is 3.38. The van der Waals surface area contributed by atoms with Gasteiger partial charge < -0.3 is 15.0 Å². The lowest BCUT2D eigenvalue weighted by molar-refractivity contribution is -0.479. The molecule has 1 aromatic carbocycles. The van der Waals surface area contributed by atoms with Gasteiger partial charge >= 0.3 is 0 Å². The van der Waals surface area contributed by atoms with Crippen molar-refractivity contribution >= 4 is 22.8 Å². The van der Waals surface area contributed by atoms with Crippen LogP contribution in [0.25, 0.3) is 11.0 Å². The molecular weight excluding hydrogens is 290 g/mol. The number of carbonyl (C=O) groups is 2. The molecule has 1 N–H and O–H groups in total. The molecule has 22 heavy (non-hydrogen) atoms. The van der Waals surface area contributed by atoms with Crippen LogP contribution in [0.15, 0.2) is 24.3 Å². The highest BCUT2D eigenvalue weighted by Gasteiger charge is 2.32. The Morgan fingerprint density at radius 1 is 1.18 bits per heavy atom. The van der Waals surface area contributed by atoms with E-state index < -0.39 is 6.61 Å². The van der Waals surface area contributed by atoms with Gasteiger partial charge in [-0.1, -0.05) is 12.1 Å². The lowest BCUT2D eigenvalue weighted by atomic mass is 10.2. The molecule has 0 aliphatic carbocycles. The van der Waals surface area contributed by atoms with Crippen LogP contribution < -0.4 is 4.43 Å². The van der Waals surface area contributed by atoms with E-state index in [-0.39, 0.29) is 53.6 Å². The molecule has 1 fully saturated rings. The summed E-state index contributed by atoms with van der Waals surface area (Å²) in [5.41, 5.74) is -0.0332. The molecule has 1 aliphatic rings. The predicted octanol–water partition coefficient (Wildman–Crippen LogP) is 0.0430. The van der Waals surface area contributed by atoms with Gasteiger partial charge in [-0.05, 0) is 6.07 Å². The van der Waals surface area contributed by atoms with E-state index in [1.807, 2.05) is 0 Å². The van der Waals surface area contributed by atoms with E-state index in [4.69, 9.17) is 0 Å². The topological polar surface area (TPSA) is 109 Å². The van der Waals surface area contributed by atoms with Crippen molar-refractivity contribution in [1.29, 1.82) is 0 Å². The first-order valence-electron chi connectivity index (χ1n) is 6.74. The number of aromatic nitrogens is 2. The van der Waals surface area contributed by atoms with Crippen molar-refractivity contribution in [1.82, 2.24) is 9.63 Å². The summed E-state index contributed by atoms with van der Waals surface area (Å²) < 4.78 is 0.957. The van der Waals surface area contributed by atoms with E-state index in [2.05, 4.69) is 0 Å². The van der Waals surface area contributed by atoms with Crippen molar-refractivity contribution in [2.75, 3.05) is 0 Å². The molecule has 2 amide bonds. The summed E-state index contributed by atoms with van der Waals surface area (Å²) in [5.74, 6) is -0.779. The third-order valence-electron chi connectivity index (χ3n) is 3.76. The Morgan fingerprint density at radius 3 is 2.45 bits per heavy atom. The van der Waals surface area contributed by atoms with Crippen LogP contribution in [0.5, 0.6) is 0 Å². The lowest BCUT2D eigenvalue weighted by Gasteiger charge is -2.22. The second kappa shape index (κ2) is 5.23. The minimum absolute atomic E-state index is 0.0944. The molecule has 1 saturated heterocycles. The summed E-state index contributed by atoms with van der Waals surface area (Å²) in [6.07, 6.45) is 0.189. The highest BCUT2D eigenvalue weighted by atomic mass is 16.5. The van der Waals surface area contributed by atoms with Crippen molar-refractivity contribution in [3.05, 3.63) is 45.8 Å². The van der Waals surface area contributed by atoms with Crippen molar-refractivity contribution in [3.8, 4) is 0 Å². The molecule has 0 unspecified atom stereocenters. The van der Waals surface area contributed by atoms with Gasteiger partial charge in [-0.2, -0.15) is 0 Å². The number of likely N-dealkylation sites (tertiary alicyclic amines) is 1. The molecule has 2 aromatic rings. The fraction of sp³-hybridized carbons (Fsp3) is 0.286. The van der Waals surface area contributed by atoms with Crippen LogP contribution in [0.4, 0.5) is 0 Å². The van der Waals surface area contributed by atoms with Gasteiger partial charge in [0.05, 0.1) is 11.0 Å². The van der Waals surface area contributed by atoms with Gasteiger partial charge in [0, 0.05) is 23.8 Å². The molecule has 3 rings (SSSR count). The maximum absolute atomic E-state index is 12.5. The van der Waals surface area contributed by atoms with Crippen molar-refractivity contribution in [2.24, 2.45) is 0 Å². The zero-order chi connectivity index (χ0) is 15.9. The Balaban J connectivity index is 2.20. The molecule has 0 bridgehead atoms. The monoisotopic (exact) mass is 303 g/mol. The zero-order valence-corrected chi connectivity index (χ0v) is 11.6. The number of aliphatic hydroxyl groups excluding tert-OH is 1. The number of imide groups is 1. The number of benzene rings is 1. The smallest absolute Gasteiger partial charge is 0.286 e. The molecule has 114 valence electrons. The number of carbonyl (C=O) groups excluding carboxylic acids is 2. The van der Waals surface area contributed by atoms with Crippen LogP contribution in [0, 0.1) is 10.1 Å². The summed E-state index contributed by atoms with van der Waals surface area (Å²) in [4.78, 5) is 36.6. The summed E-state index contributed by atoms with van der Waals surface area (Å²) in [7, 11) is 0. The molecule has 0 saturated carbocycles. The zero-order valence-electron chi connectivity index (χ0n) is 11.6. The molecule has 2 heterocycles. The second-order valence-corrected chi connectivity index (χ2v) is 5.00. The van der Waals surface area contributed by atoms with E-state index in [1.54, 1.807) is 12.1 Å². The third kappa shape index (κ3) is 2.04. The first-order valence-corrected chi connectivity index (χ1v) is 6.74. The normalized spacial score (nSPS) is 15.0. The summed E-state index contributed by atoms with van der Waals surface area (Å²) in [6, 6.07) is 6.14. The van der Waals surface area contributed by atoms with Crippen LogP contribution >= 0.6 is 0 Å². The summed E-state index contributed by atoms with van der Waals surface area (Å²) >= 11 is 0. The number of aliphatic hydroxyl groups is 1. The number of para-hydroxylation sites is 2. The predicted molar refractivity (Wildman–Crippen MR) is 74.8 cm³/mol. The van der Waals surface area contributed by atoms with E-state index >= 15 is 0 Å². The van der Waals surface area contributed by atoms with Crippen LogP contribution in [-0.4, -0.2) is 26.6 Å². The second-order valence-electron chi connectivity index (χ2n) is 5.00. The van der Waals surface area contributed by atoms with Crippen LogP contribution in [0.2, 0.25) is 0 Å². The molecule has 8 nitrogen and oxygen atoms in total. The summed E-state index contributed by atoms with van der Waals surface area (Å²) in [5, 5.41) is 21.9. The van der Waals surface area contributed by atoms with E-state index in [0.717, 1.165) is 4.90 Å². The Bertz CT molecular complexity index is 826. The molecule has 1 aliphatic heterocycles. The fourth-order valence-electron chi connectivity index (χ4n) is 2.59. The van der Waals surface area contributed by atoms with Gasteiger partial charge in [0.1, 0.15) is 17.8 Å². The van der Waals surface area contributed by atoms with Gasteiger partial charge in [0.15, 0.2) is 0 Å². The third-order valence-corrected chi connectivity index (χ3v) is 3.76. The maximum Gasteiger partial charge on any atom is 0.286 e. The van der Waals surface area contributed by atoms with Crippen molar-refractivity contribution < 1.29 is 19.1 Å². The lowest BCUT2D eigenvalue weighted by Crippen LogP contribution is -2.34. The van der Waals surface area contributed by atoms with E-state index in [9.17, 15) is 24.8 Å². The molecule has 0 radical (unpaired) electrons. The van der Waals surface area contributed by atoms with Gasteiger partial charge in [0.25, 0.3) is 11.2 Å². The van der Waals surface area contributed by atoms with Crippen LogP contribution in [-0.2, 0) is 22.7 Å². The average molecular weight is 303 g/mol. The number of amides is 2. The van der Waals surface area contributed by atoms with Gasteiger partial charge in [-0.15, -0.1) is 0 Å². The Morgan fingerprint density at radius 2 is 1.82 bits per heavy atom. The molecule has 1 aromatic heterocycles. The van der Waals surface area contributed by atoms with Gasteiger partial charge in [0.2, 0.25) is 11.8 Å². The Labute approximate surface area is 124 Å². The quantitative estimate of drug-likeness (QED) is 0.636. The maximum atomic E-state index is 12.5. The first-order chi connectivity index (χ1) is 10.5. The fourth-order valence-corrected chi connectivity index (χ4v) is 2.59. The van der Waals surface area contributed by atoms with Gasteiger partial charge in [-0.3, -0.25) is 14.5 Å². The van der Waals surface area contributed by atoms with Crippen molar-refractivity contribution in [2.45, 2.75) is 26.0 Å².